The highest BCUT2D eigenvalue weighted by molar-refractivity contribution is 6.34. The number of nitrogens with zero attached hydrogens (tertiary/aromatic N) is 3. The maximum absolute atomic E-state index is 12.5. The van der Waals surface area contributed by atoms with Crippen LogP contribution in [0.5, 0.6) is 0 Å². The number of amidine groups is 1. The van der Waals surface area contributed by atoms with Gasteiger partial charge in [0.05, 0.1) is 27.6 Å². The van der Waals surface area contributed by atoms with E-state index in [1.54, 1.807) is 44.4 Å². The van der Waals surface area contributed by atoms with Crippen molar-refractivity contribution in [2.45, 2.75) is 39.7 Å². The quantitative estimate of drug-likeness (QED) is 0.203. The normalized spacial score (nSPS) is 13.7. The van der Waals surface area contributed by atoms with Crippen LogP contribution in [0.15, 0.2) is 84.2 Å². The summed E-state index contributed by atoms with van der Waals surface area (Å²) in [6.45, 7) is 15.6. The van der Waals surface area contributed by atoms with Crippen LogP contribution in [0.4, 0.5) is 0 Å². The van der Waals surface area contributed by atoms with Crippen LogP contribution in [-0.2, 0) is 4.84 Å². The molecule has 2 N–H and O–H groups in total. The fraction of sp³-hybridized carbons (Fsp3) is 0.258. The number of halogens is 1. The van der Waals surface area contributed by atoms with Crippen molar-refractivity contribution < 1.29 is 14.7 Å². The topological polar surface area (TPSA) is 87.1 Å². The number of carbonyl (C=O) groups excluding carboxylic acids is 1. The highest BCUT2D eigenvalue weighted by Crippen LogP contribution is 2.26. The van der Waals surface area contributed by atoms with Crippen LogP contribution in [0.3, 0.4) is 0 Å². The summed E-state index contributed by atoms with van der Waals surface area (Å²) >= 11 is 6.46. The van der Waals surface area contributed by atoms with Crippen LogP contribution in [0, 0.1) is 0 Å². The number of aliphatic hydroxyl groups is 1. The summed E-state index contributed by atoms with van der Waals surface area (Å²) in [4.78, 5) is 28.9. The smallest absolute Gasteiger partial charge is 0.276 e. The number of benzene rings is 1. The largest absolute Gasteiger partial charge is 0.388 e. The zero-order valence-electron chi connectivity index (χ0n) is 22.9. The van der Waals surface area contributed by atoms with Crippen LogP contribution >= 0.6 is 11.6 Å². The van der Waals surface area contributed by atoms with E-state index in [2.05, 4.69) is 41.8 Å². The fourth-order valence-corrected chi connectivity index (χ4v) is 4.12. The third-order valence-corrected chi connectivity index (χ3v) is 6.05. The van der Waals surface area contributed by atoms with Gasteiger partial charge in [-0.2, -0.15) is 0 Å². The van der Waals surface area contributed by atoms with E-state index in [4.69, 9.17) is 21.4 Å². The molecule has 1 aromatic carbocycles. The molecule has 1 aliphatic rings. The van der Waals surface area contributed by atoms with Crippen LogP contribution in [0.1, 0.15) is 61.3 Å². The molecule has 0 radical (unpaired) electrons. The molecule has 2 aromatic rings. The highest BCUT2D eigenvalue weighted by atomic mass is 35.5. The summed E-state index contributed by atoms with van der Waals surface area (Å²) in [5.74, 6) is 0.154. The van der Waals surface area contributed by atoms with Crippen molar-refractivity contribution >= 4 is 41.2 Å². The summed E-state index contributed by atoms with van der Waals surface area (Å²) in [5.41, 5.74) is 6.83. The zero-order chi connectivity index (χ0) is 28.6. The number of hydroxylamine groups is 1. The standard InChI is InChI=1S/C31H35ClN4O3/c1-7-27(24-14-15-25(26(32)18-24)30(37)35-39-20-31(5,6)38)34-29(21(3)4)36(8-2)19-22-11-9-13-28-23(17-22)12-10-16-33-28/h7-10,12-18,38H,2-3,11,19-20H2,1,4-6H3,(H,35,37)/b27-7-,34-29?. The van der Waals surface area contributed by atoms with Crippen LogP contribution in [0.25, 0.3) is 17.8 Å². The van der Waals surface area contributed by atoms with Gasteiger partial charge in [-0.25, -0.2) is 10.5 Å². The SMILES string of the molecule is C=CN(CC1=Cc2cccnc2C=CC1)C(=N/C(=C\C)c1ccc(C(=O)NOCC(C)(C)O)c(Cl)c1)C(=C)C. The maximum atomic E-state index is 12.5. The molecular formula is C31H35ClN4O3. The number of nitrogens with one attached hydrogen (secondary N) is 1. The fourth-order valence-electron chi connectivity index (χ4n) is 3.85. The number of hydrogen-bond donors (Lipinski definition) is 2. The van der Waals surface area contributed by atoms with Crippen molar-refractivity contribution in [2.24, 2.45) is 4.99 Å². The average Bonchev–Trinajstić information content (AvgIpc) is 3.09. The predicted octanol–water partition coefficient (Wildman–Crippen LogP) is 6.45. The summed E-state index contributed by atoms with van der Waals surface area (Å²) in [6, 6.07) is 9.04. The number of aromatic nitrogens is 1. The van der Waals surface area contributed by atoms with Crippen molar-refractivity contribution in [3.63, 3.8) is 0 Å². The van der Waals surface area contributed by atoms with Crippen molar-refractivity contribution in [1.82, 2.24) is 15.4 Å². The number of carbonyl (C=O) groups is 1. The first-order chi connectivity index (χ1) is 18.5. The Morgan fingerprint density at radius 1 is 1.36 bits per heavy atom. The first-order valence-electron chi connectivity index (χ1n) is 12.6. The predicted molar refractivity (Wildman–Crippen MR) is 160 cm³/mol. The third-order valence-electron chi connectivity index (χ3n) is 5.73. The van der Waals surface area contributed by atoms with Crippen molar-refractivity contribution in [1.29, 1.82) is 0 Å². The number of aliphatic imine (C=N–C) groups is 1. The second-order valence-corrected chi connectivity index (χ2v) is 10.2. The number of rotatable bonds is 10. The molecule has 0 unspecified atom stereocenters. The van der Waals surface area contributed by atoms with Gasteiger partial charge in [-0.1, -0.05) is 55.1 Å². The van der Waals surface area contributed by atoms with Crippen LogP contribution in [-0.4, -0.2) is 45.5 Å². The van der Waals surface area contributed by atoms with E-state index in [1.807, 2.05) is 37.0 Å². The Hall–Kier alpha value is -3.78. The summed E-state index contributed by atoms with van der Waals surface area (Å²) in [5, 5.41) is 9.99. The minimum atomic E-state index is -1.08. The molecule has 0 fully saturated rings. The Morgan fingerprint density at radius 2 is 2.13 bits per heavy atom. The lowest BCUT2D eigenvalue weighted by atomic mass is 10.1. The Balaban J connectivity index is 1.84. The Labute approximate surface area is 235 Å². The number of pyridine rings is 1. The first-order valence-corrected chi connectivity index (χ1v) is 13.0. The van der Waals surface area contributed by atoms with Gasteiger partial charge >= 0.3 is 0 Å². The van der Waals surface area contributed by atoms with E-state index in [0.717, 1.165) is 28.8 Å². The number of amides is 1. The minimum Gasteiger partial charge on any atom is -0.388 e. The molecule has 39 heavy (non-hydrogen) atoms. The van der Waals surface area contributed by atoms with Gasteiger partial charge in [-0.15, -0.1) is 0 Å². The molecule has 7 nitrogen and oxygen atoms in total. The van der Waals surface area contributed by atoms with Gasteiger partial charge in [0.25, 0.3) is 5.91 Å². The third kappa shape index (κ3) is 8.35. The average molecular weight is 547 g/mol. The van der Waals surface area contributed by atoms with Gasteiger partial charge in [0.1, 0.15) is 12.4 Å². The van der Waals surface area contributed by atoms with Gasteiger partial charge in [-0.05, 0) is 75.7 Å². The molecule has 1 aromatic heterocycles. The van der Waals surface area contributed by atoms with Gasteiger partial charge in [-0.3, -0.25) is 14.6 Å². The van der Waals surface area contributed by atoms with Crippen LogP contribution in [0.2, 0.25) is 5.02 Å². The molecule has 8 heteroatoms. The van der Waals surface area contributed by atoms with Gasteiger partial charge < -0.3 is 10.0 Å². The first kappa shape index (κ1) is 29.8. The summed E-state index contributed by atoms with van der Waals surface area (Å²) in [6.07, 6.45) is 12.5. The Morgan fingerprint density at radius 3 is 2.77 bits per heavy atom. The number of hydrogen-bond acceptors (Lipinski definition) is 5. The molecule has 0 aliphatic heterocycles. The monoisotopic (exact) mass is 546 g/mol. The van der Waals surface area contributed by atoms with Gasteiger partial charge in [0, 0.05) is 23.9 Å². The molecule has 1 heterocycles. The van der Waals surface area contributed by atoms with Gasteiger partial charge in [0.2, 0.25) is 0 Å². The molecular weight excluding hydrogens is 512 g/mol. The highest BCUT2D eigenvalue weighted by Gasteiger charge is 2.18. The Bertz CT molecular complexity index is 1370. The second-order valence-electron chi connectivity index (χ2n) is 9.81. The molecule has 0 saturated heterocycles. The second kappa shape index (κ2) is 13.3. The van der Waals surface area contributed by atoms with Crippen molar-refractivity contribution in [3.8, 4) is 0 Å². The van der Waals surface area contributed by atoms with Crippen molar-refractivity contribution in [3.05, 3.63) is 107 Å². The minimum absolute atomic E-state index is 0.0635. The lowest BCUT2D eigenvalue weighted by molar-refractivity contribution is -0.0522. The van der Waals surface area contributed by atoms with E-state index < -0.39 is 11.5 Å². The molecule has 3 rings (SSSR count). The lowest BCUT2D eigenvalue weighted by Gasteiger charge is -2.24. The molecule has 204 valence electrons. The molecule has 1 aliphatic carbocycles. The molecule has 1 amide bonds. The van der Waals surface area contributed by atoms with Gasteiger partial charge in [0.15, 0.2) is 0 Å². The van der Waals surface area contributed by atoms with E-state index in [1.165, 1.54) is 5.57 Å². The van der Waals surface area contributed by atoms with E-state index >= 15 is 0 Å². The zero-order valence-corrected chi connectivity index (χ0v) is 23.6. The van der Waals surface area contributed by atoms with Crippen LogP contribution < -0.4 is 5.48 Å². The maximum Gasteiger partial charge on any atom is 0.276 e. The lowest BCUT2D eigenvalue weighted by Crippen LogP contribution is -2.33. The number of fused-ring (bicyclic) bond motifs is 1. The van der Waals surface area contributed by atoms with Crippen molar-refractivity contribution in [2.75, 3.05) is 13.2 Å². The number of allylic oxidation sites excluding steroid dienone is 2. The molecule has 0 saturated carbocycles. The Kier molecular flexibility index (Phi) is 10.2. The molecule has 0 bridgehead atoms. The molecule has 0 spiro atoms. The summed E-state index contributed by atoms with van der Waals surface area (Å²) < 4.78 is 0. The van der Waals surface area contributed by atoms with E-state index in [-0.39, 0.29) is 17.2 Å². The molecule has 0 atom stereocenters. The van der Waals surface area contributed by atoms with E-state index in [0.29, 0.717) is 18.1 Å². The summed E-state index contributed by atoms with van der Waals surface area (Å²) in [7, 11) is 0. The van der Waals surface area contributed by atoms with E-state index in [9.17, 15) is 9.90 Å².